The summed E-state index contributed by atoms with van der Waals surface area (Å²) < 4.78 is 4.71. The Morgan fingerprint density at radius 2 is 2.08 bits per heavy atom. The summed E-state index contributed by atoms with van der Waals surface area (Å²) in [7, 11) is -1.44. The number of carbonyl (C=O) groups is 1. The molecule has 0 aliphatic heterocycles. The quantitative estimate of drug-likeness (QED) is 0.478. The van der Waals surface area contributed by atoms with Crippen molar-refractivity contribution in [2.45, 2.75) is 26.7 Å². The summed E-state index contributed by atoms with van der Waals surface area (Å²) in [5.74, 6) is 1.03. The van der Waals surface area contributed by atoms with E-state index in [0.29, 0.717) is 13.0 Å². The molecule has 0 saturated carbocycles. The van der Waals surface area contributed by atoms with E-state index in [1.807, 2.05) is 0 Å². The van der Waals surface area contributed by atoms with Crippen molar-refractivity contribution in [2.24, 2.45) is 0 Å². The van der Waals surface area contributed by atoms with Crippen molar-refractivity contribution < 1.29 is 19.6 Å². The predicted molar refractivity (Wildman–Crippen MR) is 49.8 cm³/mol. The molecule has 0 aromatic heterocycles. The molecule has 0 aliphatic rings. The SMILES string of the molecule is CCOC(=O)CC/C(C)=C/B(O)O. The molecule has 0 aromatic rings. The lowest BCUT2D eigenvalue weighted by Crippen LogP contribution is -2.08. The Kier molecular flexibility index (Phi) is 6.27. The molecule has 0 bridgehead atoms. The van der Waals surface area contributed by atoms with Crippen molar-refractivity contribution >= 4 is 13.1 Å². The molecular formula is C8H15BO4. The highest BCUT2D eigenvalue weighted by atomic mass is 16.5. The maximum absolute atomic E-state index is 10.9. The maximum Gasteiger partial charge on any atom is 0.480 e. The Hall–Kier alpha value is -0.805. The maximum atomic E-state index is 10.9. The molecule has 0 amide bonds. The molecule has 0 unspecified atom stereocenters. The van der Waals surface area contributed by atoms with Crippen LogP contribution in [0.3, 0.4) is 0 Å². The summed E-state index contributed by atoms with van der Waals surface area (Å²) in [6, 6.07) is 0. The molecule has 0 atom stereocenters. The van der Waals surface area contributed by atoms with E-state index in [9.17, 15) is 4.79 Å². The second-order valence-corrected chi connectivity index (χ2v) is 2.73. The molecule has 0 rings (SSSR count). The molecule has 0 spiro atoms. The van der Waals surface area contributed by atoms with E-state index in [-0.39, 0.29) is 12.4 Å². The molecular weight excluding hydrogens is 171 g/mol. The van der Waals surface area contributed by atoms with Crippen molar-refractivity contribution in [1.29, 1.82) is 0 Å². The highest BCUT2D eigenvalue weighted by molar-refractivity contribution is 6.47. The third-order valence-corrected chi connectivity index (χ3v) is 1.46. The Bertz CT molecular complexity index is 189. The van der Waals surface area contributed by atoms with E-state index >= 15 is 0 Å². The molecule has 4 nitrogen and oxygen atoms in total. The highest BCUT2D eigenvalue weighted by Crippen LogP contribution is 2.04. The van der Waals surface area contributed by atoms with Gasteiger partial charge in [-0.2, -0.15) is 0 Å². The lowest BCUT2D eigenvalue weighted by atomic mass is 9.88. The Labute approximate surface area is 78.4 Å². The zero-order chi connectivity index (χ0) is 10.3. The van der Waals surface area contributed by atoms with Gasteiger partial charge in [0.1, 0.15) is 0 Å². The van der Waals surface area contributed by atoms with E-state index in [1.165, 1.54) is 5.98 Å². The first-order valence-electron chi connectivity index (χ1n) is 4.25. The van der Waals surface area contributed by atoms with Gasteiger partial charge < -0.3 is 14.8 Å². The summed E-state index contributed by atoms with van der Waals surface area (Å²) in [5, 5.41) is 17.1. The first kappa shape index (κ1) is 12.2. The van der Waals surface area contributed by atoms with Crippen LogP contribution >= 0.6 is 0 Å². The van der Waals surface area contributed by atoms with Crippen molar-refractivity contribution in [1.82, 2.24) is 0 Å². The van der Waals surface area contributed by atoms with Crippen LogP contribution in [0, 0.1) is 0 Å². The molecule has 0 saturated heterocycles. The van der Waals surface area contributed by atoms with Gasteiger partial charge in [0.05, 0.1) is 6.61 Å². The minimum absolute atomic E-state index is 0.261. The molecule has 5 heteroatoms. The molecule has 2 N–H and O–H groups in total. The monoisotopic (exact) mass is 186 g/mol. The van der Waals surface area contributed by atoms with Crippen molar-refractivity contribution in [3.05, 3.63) is 11.5 Å². The van der Waals surface area contributed by atoms with Crippen LogP contribution in [-0.4, -0.2) is 29.7 Å². The molecule has 0 aliphatic carbocycles. The van der Waals surface area contributed by atoms with Crippen LogP contribution in [0.15, 0.2) is 11.5 Å². The van der Waals surface area contributed by atoms with Gasteiger partial charge in [-0.15, -0.1) is 0 Å². The van der Waals surface area contributed by atoms with Gasteiger partial charge in [-0.25, -0.2) is 0 Å². The van der Waals surface area contributed by atoms with Crippen LogP contribution in [0.25, 0.3) is 0 Å². The number of ether oxygens (including phenoxy) is 1. The van der Waals surface area contributed by atoms with E-state index in [1.54, 1.807) is 13.8 Å². The predicted octanol–water partition coefficient (Wildman–Crippen LogP) is 0.288. The van der Waals surface area contributed by atoms with Gasteiger partial charge in [-0.1, -0.05) is 11.5 Å². The van der Waals surface area contributed by atoms with E-state index in [2.05, 4.69) is 0 Å². The van der Waals surface area contributed by atoms with Crippen LogP contribution in [0.2, 0.25) is 0 Å². The van der Waals surface area contributed by atoms with Crippen LogP contribution in [0.1, 0.15) is 26.7 Å². The number of hydrogen-bond acceptors (Lipinski definition) is 4. The first-order valence-corrected chi connectivity index (χ1v) is 4.25. The number of esters is 1. The van der Waals surface area contributed by atoms with Gasteiger partial charge in [-0.3, -0.25) is 4.79 Å². The number of hydrogen-bond donors (Lipinski definition) is 2. The van der Waals surface area contributed by atoms with Crippen LogP contribution < -0.4 is 0 Å². The number of rotatable bonds is 5. The minimum Gasteiger partial charge on any atom is -0.466 e. The lowest BCUT2D eigenvalue weighted by molar-refractivity contribution is -0.143. The van der Waals surface area contributed by atoms with Gasteiger partial charge in [0.25, 0.3) is 0 Å². The van der Waals surface area contributed by atoms with Crippen molar-refractivity contribution in [3.63, 3.8) is 0 Å². The zero-order valence-electron chi connectivity index (χ0n) is 7.99. The Balaban J connectivity index is 3.69. The molecule has 74 valence electrons. The third kappa shape index (κ3) is 7.55. The second kappa shape index (κ2) is 6.68. The van der Waals surface area contributed by atoms with Gasteiger partial charge in [0, 0.05) is 6.42 Å². The lowest BCUT2D eigenvalue weighted by Gasteiger charge is -2.01. The van der Waals surface area contributed by atoms with Gasteiger partial charge in [0.15, 0.2) is 0 Å². The standard InChI is InChI=1S/C8H15BO4/c1-3-13-8(10)5-4-7(2)6-9(11)12/h6,11-12H,3-5H2,1-2H3/b7-6+. The van der Waals surface area contributed by atoms with Gasteiger partial charge in [0.2, 0.25) is 0 Å². The molecule has 13 heavy (non-hydrogen) atoms. The van der Waals surface area contributed by atoms with Crippen LogP contribution in [-0.2, 0) is 9.53 Å². The smallest absolute Gasteiger partial charge is 0.466 e. The van der Waals surface area contributed by atoms with E-state index < -0.39 is 7.12 Å². The van der Waals surface area contributed by atoms with E-state index in [4.69, 9.17) is 14.8 Å². The summed E-state index contributed by atoms with van der Waals surface area (Å²) in [6.07, 6.45) is 0.777. The fourth-order valence-corrected chi connectivity index (χ4v) is 0.870. The highest BCUT2D eigenvalue weighted by Gasteiger charge is 2.05. The number of allylic oxidation sites excluding steroid dienone is 1. The zero-order valence-corrected chi connectivity index (χ0v) is 7.99. The fourth-order valence-electron chi connectivity index (χ4n) is 0.870. The average molecular weight is 186 g/mol. The van der Waals surface area contributed by atoms with Crippen LogP contribution in [0.4, 0.5) is 0 Å². The van der Waals surface area contributed by atoms with Crippen molar-refractivity contribution in [3.8, 4) is 0 Å². The fraction of sp³-hybridized carbons (Fsp3) is 0.625. The summed E-state index contributed by atoms with van der Waals surface area (Å²) in [4.78, 5) is 10.9. The van der Waals surface area contributed by atoms with Crippen molar-refractivity contribution in [2.75, 3.05) is 6.61 Å². The molecule has 0 fully saturated rings. The third-order valence-electron chi connectivity index (χ3n) is 1.46. The largest absolute Gasteiger partial charge is 0.480 e. The van der Waals surface area contributed by atoms with Crippen LogP contribution in [0.5, 0.6) is 0 Å². The Morgan fingerprint density at radius 3 is 2.54 bits per heavy atom. The topological polar surface area (TPSA) is 66.8 Å². The van der Waals surface area contributed by atoms with Gasteiger partial charge >= 0.3 is 13.1 Å². The summed E-state index contributed by atoms with van der Waals surface area (Å²) in [5.41, 5.74) is 0.767. The molecule has 0 heterocycles. The molecule has 0 radical (unpaired) electrons. The van der Waals surface area contributed by atoms with E-state index in [0.717, 1.165) is 5.57 Å². The normalized spacial score (nSPS) is 11.2. The Morgan fingerprint density at radius 1 is 1.46 bits per heavy atom. The first-order chi connectivity index (χ1) is 6.06. The summed E-state index contributed by atoms with van der Waals surface area (Å²) >= 11 is 0. The number of carbonyl (C=O) groups excluding carboxylic acids is 1. The average Bonchev–Trinajstić information content (AvgIpc) is 2.00. The minimum atomic E-state index is -1.44. The second-order valence-electron chi connectivity index (χ2n) is 2.73. The van der Waals surface area contributed by atoms with Gasteiger partial charge in [-0.05, 0) is 20.3 Å². The summed E-state index contributed by atoms with van der Waals surface area (Å²) in [6.45, 7) is 3.86. The molecule has 0 aromatic carbocycles.